The average molecular weight is 381 g/mol. The van der Waals surface area contributed by atoms with Gasteiger partial charge in [0.05, 0.1) is 24.5 Å². The van der Waals surface area contributed by atoms with Crippen molar-refractivity contribution in [1.29, 1.82) is 0 Å². The van der Waals surface area contributed by atoms with Crippen molar-refractivity contribution in [2.24, 2.45) is 0 Å². The Bertz CT molecular complexity index is 1010. The van der Waals surface area contributed by atoms with E-state index in [9.17, 15) is 9.59 Å². The average Bonchev–Trinajstić information content (AvgIpc) is 3.03. The van der Waals surface area contributed by atoms with Crippen LogP contribution in [-0.2, 0) is 4.74 Å². The van der Waals surface area contributed by atoms with Crippen LogP contribution in [0.15, 0.2) is 42.6 Å². The Hall–Kier alpha value is -3.35. The van der Waals surface area contributed by atoms with Crippen molar-refractivity contribution in [2.75, 3.05) is 18.5 Å². The van der Waals surface area contributed by atoms with Gasteiger partial charge in [0.1, 0.15) is 5.69 Å². The predicted octanol–water partition coefficient (Wildman–Crippen LogP) is 3.86. The molecule has 28 heavy (non-hydrogen) atoms. The van der Waals surface area contributed by atoms with Crippen molar-refractivity contribution in [3.8, 4) is 5.75 Å². The third kappa shape index (κ3) is 3.98. The Balaban J connectivity index is 1.87. The number of fused-ring (bicyclic) bond motifs is 1. The summed E-state index contributed by atoms with van der Waals surface area (Å²) in [6.45, 7) is 6.47. The number of hydrogen-bond acceptors (Lipinski definition) is 5. The number of esters is 1. The number of imidazole rings is 1. The maximum absolute atomic E-state index is 12.9. The second-order valence-electron chi connectivity index (χ2n) is 6.22. The molecule has 0 atom stereocenters. The van der Waals surface area contributed by atoms with Gasteiger partial charge in [-0.25, -0.2) is 9.78 Å². The summed E-state index contributed by atoms with van der Waals surface area (Å²) in [5.41, 5.74) is 2.48. The lowest BCUT2D eigenvalue weighted by Crippen LogP contribution is -2.16. The maximum Gasteiger partial charge on any atom is 0.338 e. The molecule has 0 bridgehead atoms. The molecule has 3 aromatic rings. The normalized spacial score (nSPS) is 10.7. The van der Waals surface area contributed by atoms with E-state index < -0.39 is 5.97 Å². The van der Waals surface area contributed by atoms with Gasteiger partial charge < -0.3 is 14.8 Å². The zero-order chi connectivity index (χ0) is 20.1. The fraction of sp³-hybridized carbons (Fsp3) is 0.286. The number of pyridine rings is 1. The molecule has 0 fully saturated rings. The van der Waals surface area contributed by atoms with Gasteiger partial charge in [0.2, 0.25) is 0 Å². The summed E-state index contributed by atoms with van der Waals surface area (Å²) < 4.78 is 12.4. The molecule has 2 aromatic heterocycles. The Kier molecular flexibility index (Phi) is 5.93. The summed E-state index contributed by atoms with van der Waals surface area (Å²) in [6, 6.07) is 10.3. The molecule has 0 radical (unpaired) electrons. The minimum Gasteiger partial charge on any atom is -0.490 e. The first kappa shape index (κ1) is 19.4. The quantitative estimate of drug-likeness (QED) is 0.629. The van der Waals surface area contributed by atoms with Crippen molar-refractivity contribution in [3.05, 3.63) is 59.5 Å². The zero-order valence-corrected chi connectivity index (χ0v) is 16.2. The van der Waals surface area contributed by atoms with Crippen LogP contribution < -0.4 is 10.1 Å². The lowest BCUT2D eigenvalue weighted by molar-refractivity contribution is 0.0505. The molecule has 0 unspecified atom stereocenters. The number of nitrogens with one attached hydrogen (secondary N) is 1. The number of anilines is 1. The largest absolute Gasteiger partial charge is 0.490 e. The molecule has 146 valence electrons. The predicted molar refractivity (Wildman–Crippen MR) is 106 cm³/mol. The van der Waals surface area contributed by atoms with E-state index in [-0.39, 0.29) is 5.91 Å². The van der Waals surface area contributed by atoms with Gasteiger partial charge in [0.25, 0.3) is 5.91 Å². The van der Waals surface area contributed by atoms with Gasteiger partial charge in [-0.15, -0.1) is 0 Å². The molecular formula is C21H23N3O4. The smallest absolute Gasteiger partial charge is 0.338 e. The zero-order valence-electron chi connectivity index (χ0n) is 16.2. The van der Waals surface area contributed by atoms with E-state index in [1.165, 1.54) is 0 Å². The van der Waals surface area contributed by atoms with Gasteiger partial charge >= 0.3 is 5.97 Å². The lowest BCUT2D eigenvalue weighted by atomic mass is 10.2. The highest BCUT2D eigenvalue weighted by molar-refractivity contribution is 6.05. The molecule has 0 saturated heterocycles. The van der Waals surface area contributed by atoms with E-state index in [0.29, 0.717) is 47.2 Å². The molecule has 3 rings (SSSR count). The summed E-state index contributed by atoms with van der Waals surface area (Å²) in [7, 11) is 0. The highest BCUT2D eigenvalue weighted by atomic mass is 16.5. The molecular weight excluding hydrogens is 358 g/mol. The van der Waals surface area contributed by atoms with Crippen molar-refractivity contribution >= 4 is 23.2 Å². The second kappa shape index (κ2) is 8.56. The number of benzene rings is 1. The van der Waals surface area contributed by atoms with E-state index in [1.54, 1.807) is 47.9 Å². The standard InChI is InChI=1S/C21H23N3O4/c1-4-12-28-21(26)15-8-6-9-16(13-15)23-20(25)18-14(3)22-19-17(27-5-2)10-7-11-24(18)19/h6-11,13H,4-5,12H2,1-3H3,(H,23,25). The van der Waals surface area contributed by atoms with Crippen LogP contribution in [0.1, 0.15) is 46.8 Å². The lowest BCUT2D eigenvalue weighted by Gasteiger charge is -2.09. The molecule has 7 nitrogen and oxygen atoms in total. The fourth-order valence-electron chi connectivity index (χ4n) is 2.89. The van der Waals surface area contributed by atoms with Crippen LogP contribution in [0.5, 0.6) is 5.75 Å². The van der Waals surface area contributed by atoms with Crippen LogP contribution in [0.25, 0.3) is 5.65 Å². The molecule has 1 N–H and O–H groups in total. The minimum absolute atomic E-state index is 0.322. The van der Waals surface area contributed by atoms with Gasteiger partial charge in [0, 0.05) is 11.9 Å². The first-order chi connectivity index (χ1) is 13.5. The SMILES string of the molecule is CCCOC(=O)c1cccc(NC(=O)c2c(C)nc3c(OCC)cccn23)c1. The van der Waals surface area contributed by atoms with Crippen LogP contribution in [0.2, 0.25) is 0 Å². The van der Waals surface area contributed by atoms with Crippen molar-refractivity contribution < 1.29 is 19.1 Å². The number of carbonyl (C=O) groups excluding carboxylic acids is 2. The molecule has 7 heteroatoms. The Morgan fingerprint density at radius 3 is 2.75 bits per heavy atom. The van der Waals surface area contributed by atoms with Crippen LogP contribution in [0.4, 0.5) is 5.69 Å². The van der Waals surface area contributed by atoms with E-state index in [2.05, 4.69) is 10.3 Å². The third-order valence-electron chi connectivity index (χ3n) is 4.10. The fourth-order valence-corrected chi connectivity index (χ4v) is 2.89. The van der Waals surface area contributed by atoms with Crippen LogP contribution in [0, 0.1) is 6.92 Å². The van der Waals surface area contributed by atoms with Gasteiger partial charge in [-0.05, 0) is 50.6 Å². The molecule has 0 saturated carbocycles. The maximum atomic E-state index is 12.9. The van der Waals surface area contributed by atoms with E-state index in [0.717, 1.165) is 6.42 Å². The number of aryl methyl sites for hydroxylation is 1. The topological polar surface area (TPSA) is 81.9 Å². The minimum atomic E-state index is -0.412. The molecule has 1 amide bonds. The van der Waals surface area contributed by atoms with Crippen LogP contribution >= 0.6 is 0 Å². The van der Waals surface area contributed by atoms with E-state index >= 15 is 0 Å². The van der Waals surface area contributed by atoms with Crippen molar-refractivity contribution in [3.63, 3.8) is 0 Å². The number of aromatic nitrogens is 2. The summed E-state index contributed by atoms with van der Waals surface area (Å²) in [6.07, 6.45) is 2.52. The number of hydrogen-bond donors (Lipinski definition) is 1. The molecule has 0 spiro atoms. The number of amides is 1. The highest BCUT2D eigenvalue weighted by Gasteiger charge is 2.19. The molecule has 1 aromatic carbocycles. The summed E-state index contributed by atoms with van der Waals surface area (Å²) in [5.74, 6) is -0.115. The molecule has 2 heterocycles. The number of nitrogens with zero attached hydrogens (tertiary/aromatic N) is 2. The Morgan fingerprint density at radius 2 is 2.00 bits per heavy atom. The van der Waals surface area contributed by atoms with Gasteiger partial charge in [-0.1, -0.05) is 13.0 Å². The third-order valence-corrected chi connectivity index (χ3v) is 4.10. The number of carbonyl (C=O) groups is 2. The first-order valence-corrected chi connectivity index (χ1v) is 9.24. The highest BCUT2D eigenvalue weighted by Crippen LogP contribution is 2.23. The van der Waals surface area contributed by atoms with E-state index in [4.69, 9.17) is 9.47 Å². The second-order valence-corrected chi connectivity index (χ2v) is 6.22. The van der Waals surface area contributed by atoms with Gasteiger partial charge in [0.15, 0.2) is 11.4 Å². The summed E-state index contributed by atoms with van der Waals surface area (Å²) in [5, 5.41) is 2.83. The van der Waals surface area contributed by atoms with Gasteiger partial charge in [-0.2, -0.15) is 0 Å². The Labute approximate surface area is 163 Å². The van der Waals surface area contributed by atoms with Crippen molar-refractivity contribution in [1.82, 2.24) is 9.38 Å². The molecule has 0 aliphatic carbocycles. The van der Waals surface area contributed by atoms with Gasteiger partial charge in [-0.3, -0.25) is 9.20 Å². The summed E-state index contributed by atoms with van der Waals surface area (Å²) in [4.78, 5) is 29.4. The van der Waals surface area contributed by atoms with Crippen molar-refractivity contribution in [2.45, 2.75) is 27.2 Å². The van der Waals surface area contributed by atoms with E-state index in [1.807, 2.05) is 19.9 Å². The first-order valence-electron chi connectivity index (χ1n) is 9.24. The van der Waals surface area contributed by atoms with Crippen LogP contribution in [-0.4, -0.2) is 34.5 Å². The molecule has 0 aliphatic heterocycles. The van der Waals surface area contributed by atoms with Crippen LogP contribution in [0.3, 0.4) is 0 Å². The number of rotatable bonds is 7. The summed E-state index contributed by atoms with van der Waals surface area (Å²) >= 11 is 0. The Morgan fingerprint density at radius 1 is 1.18 bits per heavy atom. The number of ether oxygens (including phenoxy) is 2. The molecule has 0 aliphatic rings. The monoisotopic (exact) mass is 381 g/mol.